The van der Waals surface area contributed by atoms with Gasteiger partial charge < -0.3 is 0 Å². The normalized spacial score (nSPS) is 10.3. The maximum Gasteiger partial charge on any atom is 0.0245 e. The topological polar surface area (TPSA) is 0 Å². The highest BCUT2D eigenvalue weighted by molar-refractivity contribution is 8.02. The van der Waals surface area contributed by atoms with Crippen molar-refractivity contribution in [1.29, 1.82) is 0 Å². The van der Waals surface area contributed by atoms with Crippen molar-refractivity contribution >= 4 is 11.8 Å². The Bertz CT molecular complexity index is 33.2. The minimum absolute atomic E-state index is 1.28. The molecule has 0 aliphatic rings. The first-order valence-electron chi connectivity index (χ1n) is 2.70. The lowest BCUT2D eigenvalue weighted by molar-refractivity contribution is 1.10. The van der Waals surface area contributed by atoms with Crippen molar-refractivity contribution in [3.8, 4) is 0 Å². The third-order valence-corrected chi connectivity index (χ3v) is 1.78. The van der Waals surface area contributed by atoms with Crippen molar-refractivity contribution in [3.63, 3.8) is 0 Å². The van der Waals surface area contributed by atoms with Gasteiger partial charge in [0.15, 0.2) is 0 Å². The molecule has 0 fully saturated rings. The molecule has 0 N–H and O–H groups in total. The number of thioether (sulfide) groups is 1. The van der Waals surface area contributed by atoms with Crippen LogP contribution in [-0.4, -0.2) is 5.75 Å². The zero-order valence-electron chi connectivity index (χ0n) is 5.32. The first-order valence-corrected chi connectivity index (χ1v) is 3.69. The van der Waals surface area contributed by atoms with E-state index in [9.17, 15) is 0 Å². The second-order valence-corrected chi connectivity index (χ2v) is 3.27. The molecule has 0 heterocycles. The van der Waals surface area contributed by atoms with E-state index in [4.69, 9.17) is 0 Å². The van der Waals surface area contributed by atoms with E-state index in [0.717, 1.165) is 0 Å². The summed E-state index contributed by atoms with van der Waals surface area (Å²) in [5.74, 6) is 1.28. The number of hydrogen-bond donors (Lipinski definition) is 0. The van der Waals surface area contributed by atoms with Gasteiger partial charge in [-0.15, -0.1) is 0 Å². The first-order chi connectivity index (χ1) is 3.27. The van der Waals surface area contributed by atoms with Gasteiger partial charge >= 0.3 is 0 Å². The molecule has 0 aliphatic heterocycles. The average Bonchev–Trinajstić information content (AvgIpc) is 1.61. The van der Waals surface area contributed by atoms with Gasteiger partial charge in [-0.05, 0) is 26.0 Å². The molecule has 0 aromatic heterocycles. The highest BCUT2D eigenvalue weighted by Crippen LogP contribution is 2.16. The highest BCUT2D eigenvalue weighted by atomic mass is 32.2. The molecule has 0 aromatic carbocycles. The third kappa shape index (κ3) is 6.35. The van der Waals surface area contributed by atoms with Crippen LogP contribution in [-0.2, 0) is 0 Å². The van der Waals surface area contributed by atoms with Crippen LogP contribution in [0.15, 0.2) is 0 Å². The van der Waals surface area contributed by atoms with Crippen molar-refractivity contribution in [2.24, 2.45) is 0 Å². The van der Waals surface area contributed by atoms with E-state index in [1.54, 1.807) is 0 Å². The zero-order valence-corrected chi connectivity index (χ0v) is 6.14. The molecule has 0 aliphatic carbocycles. The van der Waals surface area contributed by atoms with Gasteiger partial charge in [-0.3, -0.25) is 0 Å². The van der Waals surface area contributed by atoms with E-state index >= 15 is 0 Å². The van der Waals surface area contributed by atoms with Crippen LogP contribution < -0.4 is 0 Å². The summed E-state index contributed by atoms with van der Waals surface area (Å²) < 4.78 is 0. The van der Waals surface area contributed by atoms with Crippen LogP contribution in [0.1, 0.15) is 27.2 Å². The summed E-state index contributed by atoms with van der Waals surface area (Å²) in [7, 11) is 0. The Balaban J connectivity index is 2.68. The molecule has 0 bridgehead atoms. The SMILES string of the molecule is CCCS[C](C)C. The highest BCUT2D eigenvalue weighted by Gasteiger charge is 1.89. The van der Waals surface area contributed by atoms with E-state index in [1.165, 1.54) is 17.4 Å². The van der Waals surface area contributed by atoms with Gasteiger partial charge in [-0.2, -0.15) is 11.8 Å². The Labute approximate surface area is 50.7 Å². The summed E-state index contributed by atoms with van der Waals surface area (Å²) in [5, 5.41) is 1.47. The van der Waals surface area contributed by atoms with Crippen LogP contribution in [0.25, 0.3) is 0 Å². The van der Waals surface area contributed by atoms with E-state index in [0.29, 0.717) is 0 Å². The minimum atomic E-state index is 1.28. The van der Waals surface area contributed by atoms with Gasteiger partial charge in [0.2, 0.25) is 0 Å². The van der Waals surface area contributed by atoms with Gasteiger partial charge in [0.05, 0.1) is 0 Å². The Morgan fingerprint density at radius 3 is 2.14 bits per heavy atom. The predicted molar refractivity (Wildman–Crippen MR) is 37.3 cm³/mol. The number of rotatable bonds is 3. The molecule has 1 heteroatoms. The van der Waals surface area contributed by atoms with Gasteiger partial charge in [0.25, 0.3) is 0 Å². The maximum atomic E-state index is 2.20. The fourth-order valence-electron chi connectivity index (χ4n) is 0.306. The summed E-state index contributed by atoms with van der Waals surface area (Å²) in [5.41, 5.74) is 0. The summed E-state index contributed by atoms with van der Waals surface area (Å²) in [6, 6.07) is 0. The molecule has 7 heavy (non-hydrogen) atoms. The molecular formula is C6H13S. The molecule has 0 aromatic rings. The zero-order chi connectivity index (χ0) is 5.70. The van der Waals surface area contributed by atoms with Gasteiger partial charge in [0.1, 0.15) is 0 Å². The van der Waals surface area contributed by atoms with E-state index in [-0.39, 0.29) is 0 Å². The Morgan fingerprint density at radius 2 is 2.00 bits per heavy atom. The molecule has 0 amide bonds. The van der Waals surface area contributed by atoms with E-state index in [2.05, 4.69) is 20.8 Å². The van der Waals surface area contributed by atoms with E-state index < -0.39 is 0 Å². The quantitative estimate of drug-likeness (QED) is 0.547. The second-order valence-electron chi connectivity index (χ2n) is 1.76. The van der Waals surface area contributed by atoms with Crippen molar-refractivity contribution in [1.82, 2.24) is 0 Å². The largest absolute Gasteiger partial charge is 0.154 e. The van der Waals surface area contributed by atoms with Crippen LogP contribution in [0.5, 0.6) is 0 Å². The van der Waals surface area contributed by atoms with Crippen LogP contribution in [0.3, 0.4) is 0 Å². The molecule has 0 saturated carbocycles. The van der Waals surface area contributed by atoms with Crippen molar-refractivity contribution in [2.45, 2.75) is 27.2 Å². The Morgan fingerprint density at radius 1 is 1.43 bits per heavy atom. The standard InChI is InChI=1S/C6H13S/c1-4-5-7-6(2)3/h4-5H2,1-3H3. The summed E-state index contributed by atoms with van der Waals surface area (Å²) in [6.07, 6.45) is 1.29. The van der Waals surface area contributed by atoms with Crippen molar-refractivity contribution in [3.05, 3.63) is 5.25 Å². The van der Waals surface area contributed by atoms with Crippen molar-refractivity contribution in [2.75, 3.05) is 5.75 Å². The minimum Gasteiger partial charge on any atom is -0.154 e. The monoisotopic (exact) mass is 117 g/mol. The average molecular weight is 117 g/mol. The van der Waals surface area contributed by atoms with Crippen molar-refractivity contribution < 1.29 is 0 Å². The molecule has 43 valence electrons. The van der Waals surface area contributed by atoms with Gasteiger partial charge in [0, 0.05) is 5.25 Å². The van der Waals surface area contributed by atoms with Crippen LogP contribution in [0.2, 0.25) is 0 Å². The summed E-state index contributed by atoms with van der Waals surface area (Å²) in [4.78, 5) is 0. The molecule has 0 atom stereocenters. The fraction of sp³-hybridized carbons (Fsp3) is 0.833. The molecule has 0 nitrogen and oxygen atoms in total. The maximum absolute atomic E-state index is 2.20. The van der Waals surface area contributed by atoms with E-state index in [1.807, 2.05) is 11.8 Å². The Hall–Kier alpha value is 0.350. The van der Waals surface area contributed by atoms with Crippen LogP contribution in [0, 0.1) is 5.25 Å². The third-order valence-electron chi connectivity index (χ3n) is 0.595. The molecule has 0 rings (SSSR count). The molecule has 0 unspecified atom stereocenters. The molecule has 0 saturated heterocycles. The predicted octanol–water partition coefficient (Wildman–Crippen LogP) is 2.70. The smallest absolute Gasteiger partial charge is 0.0245 e. The summed E-state index contributed by atoms with van der Waals surface area (Å²) in [6.45, 7) is 6.51. The Kier molecular flexibility index (Phi) is 4.73. The lowest BCUT2D eigenvalue weighted by Gasteiger charge is -1.98. The van der Waals surface area contributed by atoms with Crippen LogP contribution >= 0.6 is 11.8 Å². The number of hydrogen-bond acceptors (Lipinski definition) is 1. The van der Waals surface area contributed by atoms with Gasteiger partial charge in [-0.1, -0.05) is 6.92 Å². The second kappa shape index (κ2) is 4.51. The first kappa shape index (κ1) is 7.35. The molecule has 1 radical (unpaired) electrons. The lowest BCUT2D eigenvalue weighted by atomic mass is 10.6. The molecule has 0 spiro atoms. The summed E-state index contributed by atoms with van der Waals surface area (Å²) >= 11 is 1.95. The fourth-order valence-corrected chi connectivity index (χ4v) is 0.919. The lowest BCUT2D eigenvalue weighted by Crippen LogP contribution is -1.77. The van der Waals surface area contributed by atoms with Crippen LogP contribution in [0.4, 0.5) is 0 Å². The molecular weight excluding hydrogens is 104 g/mol. The van der Waals surface area contributed by atoms with Gasteiger partial charge in [-0.25, -0.2) is 0 Å².